The van der Waals surface area contributed by atoms with E-state index in [-0.39, 0.29) is 0 Å². The van der Waals surface area contributed by atoms with Gasteiger partial charge in [0.25, 0.3) is 0 Å². The lowest BCUT2D eigenvalue weighted by Gasteiger charge is -2.20. The summed E-state index contributed by atoms with van der Waals surface area (Å²) >= 11 is 0. The Hall–Kier alpha value is -0.0400. The van der Waals surface area contributed by atoms with Gasteiger partial charge in [0.1, 0.15) is 0 Å². The molecule has 1 nitrogen and oxygen atoms in total. The van der Waals surface area contributed by atoms with Crippen LogP contribution in [-0.2, 0) is 0 Å². The molecule has 0 aliphatic carbocycles. The quantitative estimate of drug-likeness (QED) is 0.452. The zero-order chi connectivity index (χ0) is 5.40. The van der Waals surface area contributed by atoms with Gasteiger partial charge < -0.3 is 4.90 Å². The number of fused-ring (bicyclic) bond motifs is 2. The summed E-state index contributed by atoms with van der Waals surface area (Å²) in [4.78, 5) is 2.59. The zero-order valence-corrected chi connectivity index (χ0v) is 5.27. The van der Waals surface area contributed by atoms with Crippen LogP contribution in [0.3, 0.4) is 0 Å². The van der Waals surface area contributed by atoms with Crippen molar-refractivity contribution in [2.24, 2.45) is 5.92 Å². The minimum Gasteiger partial charge on any atom is -0.303 e. The maximum absolute atomic E-state index is 2.59. The molecule has 0 aromatic carbocycles. The molecule has 0 saturated carbocycles. The summed E-state index contributed by atoms with van der Waals surface area (Å²) in [7, 11) is 0. The van der Waals surface area contributed by atoms with Gasteiger partial charge in [0.15, 0.2) is 0 Å². The Balaban J connectivity index is 2.03. The lowest BCUT2D eigenvalue weighted by atomic mass is 10.0. The maximum Gasteiger partial charge on any atom is 0.00101 e. The minimum absolute atomic E-state index is 1.09. The van der Waals surface area contributed by atoms with Crippen molar-refractivity contribution < 1.29 is 0 Å². The van der Waals surface area contributed by atoms with E-state index >= 15 is 0 Å². The third kappa shape index (κ3) is 0.655. The lowest BCUT2D eigenvalue weighted by Crippen LogP contribution is -2.25. The molecule has 2 atom stereocenters. The van der Waals surface area contributed by atoms with E-state index in [4.69, 9.17) is 0 Å². The van der Waals surface area contributed by atoms with Gasteiger partial charge in [-0.3, -0.25) is 0 Å². The van der Waals surface area contributed by atoms with Crippen molar-refractivity contribution >= 4 is 0 Å². The summed E-state index contributed by atoms with van der Waals surface area (Å²) in [6.45, 7) is 4.20. The van der Waals surface area contributed by atoms with E-state index in [2.05, 4.69) is 4.90 Å². The molecule has 0 N–H and O–H groups in total. The number of rotatable bonds is 0. The van der Waals surface area contributed by atoms with Gasteiger partial charge in [-0.25, -0.2) is 0 Å². The Bertz CT molecular complexity index is 76.4. The van der Waals surface area contributed by atoms with Crippen LogP contribution >= 0.6 is 0 Å². The molecule has 2 bridgehead atoms. The molecule has 2 saturated heterocycles. The summed E-state index contributed by atoms with van der Waals surface area (Å²) < 4.78 is 0. The van der Waals surface area contributed by atoms with Crippen LogP contribution in [0.5, 0.6) is 0 Å². The molecule has 1 heteroatoms. The van der Waals surface area contributed by atoms with Crippen molar-refractivity contribution in [3.05, 3.63) is 0 Å². The predicted octanol–water partition coefficient (Wildman–Crippen LogP) is 1.10. The van der Waals surface area contributed by atoms with Crippen LogP contribution in [0.15, 0.2) is 0 Å². The first-order valence-electron chi connectivity index (χ1n) is 3.67. The largest absolute Gasteiger partial charge is 0.303 e. The minimum atomic E-state index is 1.09. The molecule has 0 amide bonds. The number of hydrogen-bond donors (Lipinski definition) is 0. The van der Waals surface area contributed by atoms with E-state index in [1.807, 2.05) is 0 Å². The highest BCUT2D eigenvalue weighted by Gasteiger charge is 2.25. The van der Waals surface area contributed by atoms with Gasteiger partial charge in [0, 0.05) is 6.54 Å². The van der Waals surface area contributed by atoms with Crippen molar-refractivity contribution in [1.82, 2.24) is 4.90 Å². The first kappa shape index (κ1) is 4.80. The molecule has 0 aromatic heterocycles. The van der Waals surface area contributed by atoms with E-state index < -0.39 is 0 Å². The van der Waals surface area contributed by atoms with Gasteiger partial charge in [-0.1, -0.05) is 0 Å². The SMILES string of the molecule is C1CC2CCN(C1)C2. The topological polar surface area (TPSA) is 3.24 Å². The van der Waals surface area contributed by atoms with Crippen molar-refractivity contribution in [3.63, 3.8) is 0 Å². The Kier molecular flexibility index (Phi) is 1.04. The third-order valence-corrected chi connectivity index (χ3v) is 2.46. The van der Waals surface area contributed by atoms with Gasteiger partial charge in [-0.05, 0) is 38.3 Å². The number of piperidine rings is 1. The average molecular weight is 111 g/mol. The second-order valence-corrected chi connectivity index (χ2v) is 3.10. The molecule has 2 heterocycles. The smallest absolute Gasteiger partial charge is 0.00101 e. The predicted molar refractivity (Wildman–Crippen MR) is 33.8 cm³/mol. The first-order chi connectivity index (χ1) is 3.95. The fourth-order valence-electron chi connectivity index (χ4n) is 1.96. The molecule has 2 rings (SSSR count). The second kappa shape index (κ2) is 1.73. The average Bonchev–Trinajstić information content (AvgIpc) is 2.12. The van der Waals surface area contributed by atoms with E-state index in [0.717, 1.165) is 5.92 Å². The van der Waals surface area contributed by atoms with Crippen LogP contribution in [0.25, 0.3) is 0 Å². The summed E-state index contributed by atoms with van der Waals surface area (Å²) in [5.74, 6) is 1.09. The molecule has 2 fully saturated rings. The van der Waals surface area contributed by atoms with Crippen molar-refractivity contribution in [2.45, 2.75) is 19.3 Å². The van der Waals surface area contributed by atoms with E-state index in [1.54, 1.807) is 0 Å². The Morgan fingerprint density at radius 3 is 2.88 bits per heavy atom. The Morgan fingerprint density at radius 2 is 2.12 bits per heavy atom. The molecule has 2 aliphatic heterocycles. The van der Waals surface area contributed by atoms with Crippen molar-refractivity contribution in [3.8, 4) is 0 Å². The number of nitrogens with zero attached hydrogens (tertiary/aromatic N) is 1. The second-order valence-electron chi connectivity index (χ2n) is 3.10. The van der Waals surface area contributed by atoms with Crippen molar-refractivity contribution in [1.29, 1.82) is 0 Å². The van der Waals surface area contributed by atoms with Crippen LogP contribution in [-0.4, -0.2) is 24.5 Å². The molecule has 0 spiro atoms. The summed E-state index contributed by atoms with van der Waals surface area (Å²) in [5, 5.41) is 0. The molecular formula is C7H13N. The van der Waals surface area contributed by atoms with Gasteiger partial charge >= 0.3 is 0 Å². The lowest BCUT2D eigenvalue weighted by molar-refractivity contribution is 0.270. The highest BCUT2D eigenvalue weighted by Crippen LogP contribution is 2.25. The summed E-state index contributed by atoms with van der Waals surface area (Å²) in [6.07, 6.45) is 4.46. The molecule has 2 aliphatic rings. The molecule has 8 heavy (non-hydrogen) atoms. The molecule has 0 aromatic rings. The van der Waals surface area contributed by atoms with Crippen LogP contribution in [0.1, 0.15) is 19.3 Å². The van der Waals surface area contributed by atoms with Gasteiger partial charge in [0.2, 0.25) is 0 Å². The summed E-state index contributed by atoms with van der Waals surface area (Å²) in [6, 6.07) is 0. The van der Waals surface area contributed by atoms with Crippen LogP contribution in [0.2, 0.25) is 0 Å². The third-order valence-electron chi connectivity index (χ3n) is 2.46. The Morgan fingerprint density at radius 1 is 1.12 bits per heavy atom. The molecule has 46 valence electrons. The summed E-state index contributed by atoms with van der Waals surface area (Å²) in [5.41, 5.74) is 0. The fraction of sp³-hybridized carbons (Fsp3) is 1.00. The van der Waals surface area contributed by atoms with Gasteiger partial charge in [-0.15, -0.1) is 0 Å². The van der Waals surface area contributed by atoms with E-state index in [0.29, 0.717) is 0 Å². The zero-order valence-electron chi connectivity index (χ0n) is 5.27. The van der Waals surface area contributed by atoms with Gasteiger partial charge in [0.05, 0.1) is 0 Å². The monoisotopic (exact) mass is 111 g/mol. The van der Waals surface area contributed by atoms with Crippen LogP contribution in [0, 0.1) is 5.92 Å². The normalized spacial score (nSPS) is 45.0. The molecule has 2 unspecified atom stereocenters. The highest BCUT2D eigenvalue weighted by molar-refractivity contribution is 4.79. The highest BCUT2D eigenvalue weighted by atomic mass is 15.1. The Labute approximate surface area is 50.7 Å². The van der Waals surface area contributed by atoms with Crippen molar-refractivity contribution in [2.75, 3.05) is 19.6 Å². The van der Waals surface area contributed by atoms with Crippen LogP contribution < -0.4 is 0 Å². The standard InChI is InChI=1S/C7H13N/c1-2-7-3-5-8(4-1)6-7/h7H,1-6H2. The molecule has 0 radical (unpaired) electrons. The van der Waals surface area contributed by atoms with E-state index in [9.17, 15) is 0 Å². The fourth-order valence-corrected chi connectivity index (χ4v) is 1.96. The van der Waals surface area contributed by atoms with Crippen LogP contribution in [0.4, 0.5) is 0 Å². The number of hydrogen-bond acceptors (Lipinski definition) is 1. The molecular weight excluding hydrogens is 98.1 g/mol. The van der Waals surface area contributed by atoms with E-state index in [1.165, 1.54) is 38.9 Å². The first-order valence-corrected chi connectivity index (χ1v) is 3.67. The maximum atomic E-state index is 2.59. The van der Waals surface area contributed by atoms with Gasteiger partial charge in [-0.2, -0.15) is 0 Å².